The largest absolute Gasteiger partial charge is 0.493 e. The van der Waals surface area contributed by atoms with E-state index >= 15 is 0 Å². The van der Waals surface area contributed by atoms with Crippen molar-refractivity contribution in [3.05, 3.63) is 41.7 Å². The number of carbonyl (C=O) groups is 1. The maximum Gasteiger partial charge on any atom is 0.316 e. The van der Waals surface area contributed by atoms with Crippen LogP contribution in [0.1, 0.15) is 35.7 Å². The second-order valence-corrected chi connectivity index (χ2v) is 6.43. The summed E-state index contributed by atoms with van der Waals surface area (Å²) in [7, 11) is 3.13. The predicted octanol–water partition coefficient (Wildman–Crippen LogP) is 2.74. The number of aromatic nitrogens is 2. The molecule has 1 aliphatic rings. The number of likely N-dealkylation sites (tertiary alicyclic amines) is 1. The summed E-state index contributed by atoms with van der Waals surface area (Å²) in [5.41, 5.74) is 1.63. The van der Waals surface area contributed by atoms with Crippen LogP contribution in [0.5, 0.6) is 17.5 Å². The topological polar surface area (TPSA) is 73.8 Å². The molecule has 144 valence electrons. The minimum absolute atomic E-state index is 0.0495. The number of hydrogen-bond donors (Lipinski definition) is 0. The van der Waals surface area contributed by atoms with Gasteiger partial charge in [0.2, 0.25) is 0 Å². The van der Waals surface area contributed by atoms with E-state index in [0.29, 0.717) is 36.2 Å². The molecule has 0 spiro atoms. The third-order valence-corrected chi connectivity index (χ3v) is 4.66. The van der Waals surface area contributed by atoms with Gasteiger partial charge in [-0.05, 0) is 43.0 Å². The van der Waals surface area contributed by atoms with Gasteiger partial charge in [-0.3, -0.25) is 4.79 Å². The van der Waals surface area contributed by atoms with Gasteiger partial charge in [0.1, 0.15) is 6.10 Å². The van der Waals surface area contributed by atoms with Gasteiger partial charge in [0, 0.05) is 24.5 Å². The van der Waals surface area contributed by atoms with Crippen LogP contribution in [0.3, 0.4) is 0 Å². The van der Waals surface area contributed by atoms with Crippen molar-refractivity contribution in [1.29, 1.82) is 0 Å². The van der Waals surface area contributed by atoms with Crippen LogP contribution in [-0.4, -0.2) is 54.2 Å². The zero-order valence-corrected chi connectivity index (χ0v) is 16.0. The molecule has 1 aromatic carbocycles. The molecule has 1 amide bonds. The van der Waals surface area contributed by atoms with E-state index in [1.54, 1.807) is 49.7 Å². The fraction of sp³-hybridized carbons (Fsp3) is 0.450. The Morgan fingerprint density at radius 2 is 1.93 bits per heavy atom. The second-order valence-electron chi connectivity index (χ2n) is 6.43. The third kappa shape index (κ3) is 4.48. The maximum atomic E-state index is 12.9. The van der Waals surface area contributed by atoms with E-state index in [0.717, 1.165) is 24.8 Å². The molecule has 2 aromatic rings. The van der Waals surface area contributed by atoms with Gasteiger partial charge in [0.15, 0.2) is 11.5 Å². The highest BCUT2D eigenvalue weighted by atomic mass is 16.5. The molecule has 0 bridgehead atoms. The molecule has 1 unspecified atom stereocenters. The number of piperidine rings is 1. The number of amides is 1. The van der Waals surface area contributed by atoms with Crippen molar-refractivity contribution in [3.8, 4) is 17.5 Å². The molecule has 0 N–H and O–H groups in total. The van der Waals surface area contributed by atoms with Crippen molar-refractivity contribution in [2.75, 3.05) is 27.3 Å². The highest BCUT2D eigenvalue weighted by Crippen LogP contribution is 2.28. The van der Waals surface area contributed by atoms with Crippen molar-refractivity contribution in [1.82, 2.24) is 14.9 Å². The minimum Gasteiger partial charge on any atom is -0.493 e. The number of nitrogens with zero attached hydrogens (tertiary/aromatic N) is 3. The standard InChI is InChI=1S/C20H25N3O4/c1-4-14-11-21-20(22-12-14)27-16-6-5-9-23(13-16)19(24)15-7-8-17(25-2)18(10-15)26-3/h7-8,10-12,16H,4-6,9,13H2,1-3H3. The van der Waals surface area contributed by atoms with Gasteiger partial charge in [-0.1, -0.05) is 6.92 Å². The molecular weight excluding hydrogens is 346 g/mol. The fourth-order valence-corrected chi connectivity index (χ4v) is 3.11. The fourth-order valence-electron chi connectivity index (χ4n) is 3.11. The molecule has 0 radical (unpaired) electrons. The number of benzene rings is 1. The lowest BCUT2D eigenvalue weighted by atomic mass is 10.1. The van der Waals surface area contributed by atoms with Gasteiger partial charge in [-0.15, -0.1) is 0 Å². The van der Waals surface area contributed by atoms with Gasteiger partial charge in [-0.25, -0.2) is 9.97 Å². The number of aryl methyl sites for hydroxylation is 1. The highest BCUT2D eigenvalue weighted by Gasteiger charge is 2.26. The van der Waals surface area contributed by atoms with Crippen LogP contribution in [0.2, 0.25) is 0 Å². The molecule has 1 aliphatic heterocycles. The average Bonchev–Trinajstić information content (AvgIpc) is 2.73. The third-order valence-electron chi connectivity index (χ3n) is 4.66. The van der Waals surface area contributed by atoms with E-state index in [1.807, 2.05) is 0 Å². The van der Waals surface area contributed by atoms with Crippen LogP contribution in [0.15, 0.2) is 30.6 Å². The lowest BCUT2D eigenvalue weighted by molar-refractivity contribution is 0.0515. The van der Waals surface area contributed by atoms with Gasteiger partial charge in [-0.2, -0.15) is 0 Å². The first-order valence-electron chi connectivity index (χ1n) is 9.13. The first-order chi connectivity index (χ1) is 13.1. The summed E-state index contributed by atoms with van der Waals surface area (Å²) in [5.74, 6) is 1.09. The van der Waals surface area contributed by atoms with Gasteiger partial charge >= 0.3 is 6.01 Å². The molecule has 1 fully saturated rings. The second kappa shape index (κ2) is 8.70. The number of hydrogen-bond acceptors (Lipinski definition) is 6. The Kier molecular flexibility index (Phi) is 6.11. The van der Waals surface area contributed by atoms with Crippen molar-refractivity contribution in [2.24, 2.45) is 0 Å². The first-order valence-corrected chi connectivity index (χ1v) is 9.13. The first kappa shape index (κ1) is 18.9. The maximum absolute atomic E-state index is 12.9. The van der Waals surface area contributed by atoms with Crippen LogP contribution >= 0.6 is 0 Å². The normalized spacial score (nSPS) is 16.7. The van der Waals surface area contributed by atoms with Gasteiger partial charge in [0.05, 0.1) is 20.8 Å². The Bertz CT molecular complexity index is 779. The van der Waals surface area contributed by atoms with E-state index in [1.165, 1.54) is 0 Å². The molecule has 0 aliphatic carbocycles. The van der Waals surface area contributed by atoms with Crippen LogP contribution in [0.25, 0.3) is 0 Å². The van der Waals surface area contributed by atoms with E-state index in [2.05, 4.69) is 16.9 Å². The summed E-state index contributed by atoms with van der Waals surface area (Å²) in [4.78, 5) is 23.2. The van der Waals surface area contributed by atoms with Crippen LogP contribution < -0.4 is 14.2 Å². The monoisotopic (exact) mass is 371 g/mol. The number of methoxy groups -OCH3 is 2. The Morgan fingerprint density at radius 3 is 2.59 bits per heavy atom. The van der Waals surface area contributed by atoms with E-state index in [4.69, 9.17) is 14.2 Å². The van der Waals surface area contributed by atoms with Crippen LogP contribution in [0.4, 0.5) is 0 Å². The Balaban J connectivity index is 1.67. The molecule has 1 aromatic heterocycles. The quantitative estimate of drug-likeness (QED) is 0.777. The van der Waals surface area contributed by atoms with Crippen molar-refractivity contribution in [3.63, 3.8) is 0 Å². The minimum atomic E-state index is -0.115. The molecule has 1 saturated heterocycles. The number of carbonyl (C=O) groups excluding carboxylic acids is 1. The summed E-state index contributed by atoms with van der Waals surface area (Å²) in [5, 5.41) is 0. The molecule has 7 nitrogen and oxygen atoms in total. The smallest absolute Gasteiger partial charge is 0.316 e. The highest BCUT2D eigenvalue weighted by molar-refractivity contribution is 5.95. The van der Waals surface area contributed by atoms with Crippen molar-refractivity contribution < 1.29 is 19.0 Å². The Morgan fingerprint density at radius 1 is 1.19 bits per heavy atom. The summed E-state index contributed by atoms with van der Waals surface area (Å²) in [6.07, 6.45) is 6.06. The molecule has 2 heterocycles. The lowest BCUT2D eigenvalue weighted by Gasteiger charge is -2.32. The molecule has 27 heavy (non-hydrogen) atoms. The average molecular weight is 371 g/mol. The summed E-state index contributed by atoms with van der Waals surface area (Å²) >= 11 is 0. The summed E-state index contributed by atoms with van der Waals surface area (Å²) in [6, 6.07) is 5.56. The Hall–Kier alpha value is -2.83. The molecule has 3 rings (SSSR count). The number of rotatable bonds is 6. The Labute approximate surface area is 159 Å². The van der Waals surface area contributed by atoms with Crippen LogP contribution in [-0.2, 0) is 6.42 Å². The van der Waals surface area contributed by atoms with E-state index in [9.17, 15) is 4.79 Å². The molecule has 0 saturated carbocycles. The van der Waals surface area contributed by atoms with E-state index < -0.39 is 0 Å². The zero-order valence-electron chi connectivity index (χ0n) is 16.0. The summed E-state index contributed by atoms with van der Waals surface area (Å²) < 4.78 is 16.4. The van der Waals surface area contributed by atoms with Crippen LogP contribution in [0, 0.1) is 0 Å². The predicted molar refractivity (Wildman–Crippen MR) is 101 cm³/mol. The SMILES string of the molecule is CCc1cnc(OC2CCCN(C(=O)c3ccc(OC)c(OC)c3)C2)nc1. The van der Waals surface area contributed by atoms with Gasteiger partial charge in [0.25, 0.3) is 5.91 Å². The summed E-state index contributed by atoms with van der Waals surface area (Å²) in [6.45, 7) is 3.26. The zero-order chi connectivity index (χ0) is 19.2. The molecule has 7 heteroatoms. The van der Waals surface area contributed by atoms with Crippen molar-refractivity contribution >= 4 is 5.91 Å². The van der Waals surface area contributed by atoms with Crippen molar-refractivity contribution in [2.45, 2.75) is 32.3 Å². The molecular formula is C20H25N3O4. The van der Waals surface area contributed by atoms with E-state index in [-0.39, 0.29) is 12.0 Å². The van der Waals surface area contributed by atoms with Gasteiger partial charge < -0.3 is 19.1 Å². The number of ether oxygens (including phenoxy) is 3. The lowest BCUT2D eigenvalue weighted by Crippen LogP contribution is -2.44. The molecule has 1 atom stereocenters.